The first kappa shape index (κ1) is 12.5. The van der Waals surface area contributed by atoms with Crippen molar-refractivity contribution in [2.45, 2.75) is 33.2 Å². The number of nitrogens with one attached hydrogen (secondary N) is 1. The molecular formula is C11H20N4O. The molecule has 3 N–H and O–H groups in total. The Bertz CT molecular complexity index is 370. The molecule has 1 atom stereocenters. The van der Waals surface area contributed by atoms with Crippen LogP contribution in [0.25, 0.3) is 0 Å². The van der Waals surface area contributed by atoms with Gasteiger partial charge in [0.1, 0.15) is 11.4 Å². The maximum atomic E-state index is 11.9. The van der Waals surface area contributed by atoms with Crippen LogP contribution >= 0.6 is 0 Å². The van der Waals surface area contributed by atoms with Gasteiger partial charge in [-0.15, -0.1) is 0 Å². The minimum atomic E-state index is -0.147. The van der Waals surface area contributed by atoms with Gasteiger partial charge in [0.05, 0.1) is 6.20 Å². The van der Waals surface area contributed by atoms with Gasteiger partial charge in [0, 0.05) is 13.1 Å². The van der Waals surface area contributed by atoms with Crippen molar-refractivity contribution in [3.8, 4) is 0 Å². The number of nitrogens with two attached hydrogens (primary N) is 1. The number of carbonyl (C=O) groups is 1. The van der Waals surface area contributed by atoms with Crippen molar-refractivity contribution in [3.63, 3.8) is 0 Å². The SMILES string of the molecule is CCC(NC(=O)c1cnn(C)c1N)C(C)C. The lowest BCUT2D eigenvalue weighted by Crippen LogP contribution is -2.38. The van der Waals surface area contributed by atoms with Gasteiger partial charge in [-0.1, -0.05) is 20.8 Å². The number of amides is 1. The molecule has 0 radical (unpaired) electrons. The van der Waals surface area contributed by atoms with Crippen LogP contribution in [0.1, 0.15) is 37.6 Å². The molecule has 0 aliphatic heterocycles. The van der Waals surface area contributed by atoms with Gasteiger partial charge in [-0.2, -0.15) is 5.10 Å². The molecule has 0 saturated carbocycles. The van der Waals surface area contributed by atoms with Crippen LogP contribution in [0.3, 0.4) is 0 Å². The van der Waals surface area contributed by atoms with E-state index >= 15 is 0 Å². The Morgan fingerprint density at radius 2 is 2.25 bits per heavy atom. The average molecular weight is 224 g/mol. The van der Waals surface area contributed by atoms with Crippen molar-refractivity contribution in [1.29, 1.82) is 0 Å². The van der Waals surface area contributed by atoms with Crippen LogP contribution in [0.2, 0.25) is 0 Å². The number of hydrogen-bond donors (Lipinski definition) is 2. The van der Waals surface area contributed by atoms with E-state index in [4.69, 9.17) is 5.73 Å². The fourth-order valence-corrected chi connectivity index (χ4v) is 1.61. The van der Waals surface area contributed by atoms with E-state index in [-0.39, 0.29) is 11.9 Å². The minimum Gasteiger partial charge on any atom is -0.383 e. The predicted octanol–water partition coefficient (Wildman–Crippen LogP) is 1.17. The highest BCUT2D eigenvalue weighted by molar-refractivity contribution is 5.98. The number of hydrogen-bond acceptors (Lipinski definition) is 3. The first-order valence-corrected chi connectivity index (χ1v) is 5.55. The molecule has 0 saturated heterocycles. The largest absolute Gasteiger partial charge is 0.383 e. The van der Waals surface area contributed by atoms with Crippen LogP contribution < -0.4 is 11.1 Å². The van der Waals surface area contributed by atoms with Crippen molar-refractivity contribution >= 4 is 11.7 Å². The van der Waals surface area contributed by atoms with Gasteiger partial charge in [-0.25, -0.2) is 0 Å². The fraction of sp³-hybridized carbons (Fsp3) is 0.636. The molecule has 0 fully saturated rings. The number of aryl methyl sites for hydroxylation is 1. The third-order valence-electron chi connectivity index (χ3n) is 2.79. The summed E-state index contributed by atoms with van der Waals surface area (Å²) in [6, 6.07) is 0.173. The van der Waals surface area contributed by atoms with E-state index < -0.39 is 0 Å². The second-order valence-electron chi connectivity index (χ2n) is 4.30. The Morgan fingerprint density at radius 3 is 2.62 bits per heavy atom. The summed E-state index contributed by atoms with van der Waals surface area (Å²) in [5.74, 6) is 0.661. The Labute approximate surface area is 96.0 Å². The van der Waals surface area contributed by atoms with Crippen LogP contribution in [0.4, 0.5) is 5.82 Å². The highest BCUT2D eigenvalue weighted by atomic mass is 16.1. The molecule has 5 nitrogen and oxygen atoms in total. The standard InChI is InChI=1S/C11H20N4O/c1-5-9(7(2)3)14-11(16)8-6-13-15(4)10(8)12/h6-7,9H,5,12H2,1-4H3,(H,14,16). The van der Waals surface area contributed by atoms with Gasteiger partial charge in [0.2, 0.25) is 0 Å². The summed E-state index contributed by atoms with van der Waals surface area (Å²) < 4.78 is 1.49. The summed E-state index contributed by atoms with van der Waals surface area (Å²) >= 11 is 0. The van der Waals surface area contributed by atoms with Crippen LogP contribution in [0.5, 0.6) is 0 Å². The molecule has 90 valence electrons. The van der Waals surface area contributed by atoms with E-state index in [9.17, 15) is 4.79 Å². The zero-order valence-corrected chi connectivity index (χ0v) is 10.3. The van der Waals surface area contributed by atoms with Gasteiger partial charge in [-0.3, -0.25) is 9.48 Å². The first-order valence-electron chi connectivity index (χ1n) is 5.55. The Kier molecular flexibility index (Phi) is 3.93. The summed E-state index contributed by atoms with van der Waals surface area (Å²) in [5, 5.41) is 6.91. The van der Waals surface area contributed by atoms with Crippen molar-refractivity contribution in [3.05, 3.63) is 11.8 Å². The number of rotatable bonds is 4. The van der Waals surface area contributed by atoms with Gasteiger partial charge < -0.3 is 11.1 Å². The fourth-order valence-electron chi connectivity index (χ4n) is 1.61. The van der Waals surface area contributed by atoms with Crippen LogP contribution in [-0.2, 0) is 7.05 Å². The Balaban J connectivity index is 2.76. The monoisotopic (exact) mass is 224 g/mol. The first-order chi connectivity index (χ1) is 7.47. The summed E-state index contributed by atoms with van der Waals surface area (Å²) in [5.41, 5.74) is 6.18. The second-order valence-corrected chi connectivity index (χ2v) is 4.30. The van der Waals surface area contributed by atoms with E-state index in [1.165, 1.54) is 10.9 Å². The molecule has 1 aromatic heterocycles. The zero-order valence-electron chi connectivity index (χ0n) is 10.3. The molecule has 1 rings (SSSR count). The summed E-state index contributed by atoms with van der Waals surface area (Å²) in [6.45, 7) is 6.22. The molecule has 1 heterocycles. The molecule has 1 amide bonds. The van der Waals surface area contributed by atoms with Crippen molar-refractivity contribution < 1.29 is 4.79 Å². The van der Waals surface area contributed by atoms with Gasteiger partial charge in [0.15, 0.2) is 0 Å². The number of nitrogen functional groups attached to an aromatic ring is 1. The van der Waals surface area contributed by atoms with Crippen LogP contribution in [0.15, 0.2) is 6.20 Å². The topological polar surface area (TPSA) is 72.9 Å². The van der Waals surface area contributed by atoms with Crippen LogP contribution in [0, 0.1) is 5.92 Å². The maximum absolute atomic E-state index is 11.9. The summed E-state index contributed by atoms with van der Waals surface area (Å²) in [6.07, 6.45) is 2.40. The molecule has 0 aliphatic carbocycles. The maximum Gasteiger partial charge on any atom is 0.256 e. The van der Waals surface area contributed by atoms with E-state index in [0.717, 1.165) is 6.42 Å². The van der Waals surface area contributed by atoms with E-state index in [1.807, 2.05) is 0 Å². The Hall–Kier alpha value is -1.52. The average Bonchev–Trinajstić information content (AvgIpc) is 2.55. The van der Waals surface area contributed by atoms with Crippen LogP contribution in [-0.4, -0.2) is 21.7 Å². The van der Waals surface area contributed by atoms with E-state index in [0.29, 0.717) is 17.3 Å². The molecule has 5 heteroatoms. The number of nitrogens with zero attached hydrogens (tertiary/aromatic N) is 2. The molecule has 1 aromatic rings. The van der Waals surface area contributed by atoms with Gasteiger partial charge in [-0.05, 0) is 12.3 Å². The molecule has 1 unspecified atom stereocenters. The molecule has 0 spiro atoms. The number of carbonyl (C=O) groups excluding carboxylic acids is 1. The lowest BCUT2D eigenvalue weighted by molar-refractivity contribution is 0.0925. The van der Waals surface area contributed by atoms with E-state index in [2.05, 4.69) is 31.2 Å². The highest BCUT2D eigenvalue weighted by Gasteiger charge is 2.18. The molecule has 0 aliphatic rings. The van der Waals surface area contributed by atoms with Crippen molar-refractivity contribution in [2.24, 2.45) is 13.0 Å². The van der Waals surface area contributed by atoms with Crippen molar-refractivity contribution in [2.75, 3.05) is 5.73 Å². The molecule has 0 bridgehead atoms. The quantitative estimate of drug-likeness (QED) is 0.806. The smallest absolute Gasteiger partial charge is 0.256 e. The number of aromatic nitrogens is 2. The minimum absolute atomic E-state index is 0.147. The molecular weight excluding hydrogens is 204 g/mol. The third-order valence-corrected chi connectivity index (χ3v) is 2.79. The predicted molar refractivity (Wildman–Crippen MR) is 64.0 cm³/mol. The van der Waals surface area contributed by atoms with Gasteiger partial charge in [0.25, 0.3) is 5.91 Å². The lowest BCUT2D eigenvalue weighted by Gasteiger charge is -2.20. The normalized spacial score (nSPS) is 12.8. The number of anilines is 1. The van der Waals surface area contributed by atoms with E-state index in [1.54, 1.807) is 7.05 Å². The van der Waals surface area contributed by atoms with Crippen molar-refractivity contribution in [1.82, 2.24) is 15.1 Å². The van der Waals surface area contributed by atoms with Gasteiger partial charge >= 0.3 is 0 Å². The third kappa shape index (κ3) is 2.53. The zero-order chi connectivity index (χ0) is 12.3. The molecule has 16 heavy (non-hydrogen) atoms. The second kappa shape index (κ2) is 5.01. The molecule has 0 aromatic carbocycles. The highest BCUT2D eigenvalue weighted by Crippen LogP contribution is 2.11. The lowest BCUT2D eigenvalue weighted by atomic mass is 10.0. The summed E-state index contributed by atoms with van der Waals surface area (Å²) in [7, 11) is 1.71. The summed E-state index contributed by atoms with van der Waals surface area (Å²) in [4.78, 5) is 11.9. The Morgan fingerprint density at radius 1 is 1.62 bits per heavy atom.